The number of esters is 1. The molecule has 0 amide bonds. The van der Waals surface area contributed by atoms with Crippen LogP contribution in [0.25, 0.3) is 0 Å². The van der Waals surface area contributed by atoms with Gasteiger partial charge in [0.2, 0.25) is 6.79 Å². The van der Waals surface area contributed by atoms with E-state index in [1.165, 1.54) is 13.8 Å². The molecule has 5 N–H and O–H groups in total. The molecule has 2 heterocycles. The molecule has 2 rings (SSSR count). The first-order chi connectivity index (χ1) is 21.8. The van der Waals surface area contributed by atoms with Gasteiger partial charge in [0.05, 0.1) is 54.9 Å². The summed E-state index contributed by atoms with van der Waals surface area (Å²) < 4.78 is 28.5. The fourth-order valence-electron chi connectivity index (χ4n) is 6.93. The summed E-state index contributed by atoms with van der Waals surface area (Å²) in [5.74, 6) is -4.17. The fourth-order valence-corrected chi connectivity index (χ4v) is 6.93. The second-order valence-corrected chi connectivity index (χ2v) is 14.2. The lowest BCUT2D eigenvalue weighted by Crippen LogP contribution is -2.60. The summed E-state index contributed by atoms with van der Waals surface area (Å²) in [7, 11) is 5.25. The highest BCUT2D eigenvalue weighted by atomic mass is 16.7. The minimum Gasteiger partial charge on any atom is -0.459 e. The van der Waals surface area contributed by atoms with E-state index >= 15 is 0 Å². The Morgan fingerprint density at radius 1 is 1.00 bits per heavy atom. The van der Waals surface area contributed by atoms with E-state index in [0.29, 0.717) is 18.7 Å². The lowest BCUT2D eigenvalue weighted by Gasteiger charge is -2.47. The van der Waals surface area contributed by atoms with Crippen LogP contribution in [0.2, 0.25) is 0 Å². The normalized spacial score (nSPS) is 43.9. The molecule has 0 unspecified atom stereocenters. The van der Waals surface area contributed by atoms with Crippen molar-refractivity contribution in [1.82, 2.24) is 4.90 Å². The van der Waals surface area contributed by atoms with Gasteiger partial charge in [0.25, 0.3) is 0 Å². The largest absolute Gasteiger partial charge is 0.459 e. The number of carbonyl (C=O) groups excluding carboxylic acids is 1. The van der Waals surface area contributed by atoms with Crippen molar-refractivity contribution >= 4 is 11.7 Å². The second kappa shape index (κ2) is 18.0. The molecule has 0 bridgehead atoms. The number of hydrogen-bond acceptors (Lipinski definition) is 14. The Kier molecular flexibility index (Phi) is 16.0. The molecule has 276 valence electrons. The van der Waals surface area contributed by atoms with Crippen LogP contribution in [0.5, 0.6) is 0 Å². The first-order valence-electron chi connectivity index (χ1n) is 16.7. The van der Waals surface area contributed by atoms with Crippen molar-refractivity contribution < 1.29 is 58.8 Å². The van der Waals surface area contributed by atoms with Crippen molar-refractivity contribution in [1.29, 1.82) is 0 Å². The molecule has 0 aromatic heterocycles. The molecular formula is C33H62N2O12. The van der Waals surface area contributed by atoms with Crippen LogP contribution in [-0.4, -0.2) is 143 Å². The number of likely N-dealkylation sites (N-methyl/N-ethyl adjacent to an activating group) is 1. The molecule has 0 aliphatic carbocycles. The van der Waals surface area contributed by atoms with Crippen molar-refractivity contribution in [2.24, 2.45) is 28.8 Å². The summed E-state index contributed by atoms with van der Waals surface area (Å²) in [6.45, 7) is 13.5. The van der Waals surface area contributed by atoms with Crippen LogP contribution in [0.3, 0.4) is 0 Å². The second-order valence-electron chi connectivity index (χ2n) is 14.2. The van der Waals surface area contributed by atoms with E-state index in [2.05, 4.69) is 5.16 Å². The van der Waals surface area contributed by atoms with Gasteiger partial charge in [-0.15, -0.1) is 0 Å². The zero-order valence-corrected chi connectivity index (χ0v) is 30.2. The third-order valence-corrected chi connectivity index (χ3v) is 9.85. The lowest BCUT2D eigenvalue weighted by molar-refractivity contribution is -0.298. The number of aliphatic hydroxyl groups excluding tert-OH is 3. The van der Waals surface area contributed by atoms with Crippen molar-refractivity contribution in [3.8, 4) is 0 Å². The number of methoxy groups -OCH3 is 1. The van der Waals surface area contributed by atoms with Gasteiger partial charge >= 0.3 is 5.97 Å². The molecule has 0 aromatic carbocycles. The quantitative estimate of drug-likeness (QED) is 0.0963. The average Bonchev–Trinajstić information content (AvgIpc) is 3.00. The Balaban J connectivity index is 2.61. The Morgan fingerprint density at radius 2 is 1.64 bits per heavy atom. The molecule has 47 heavy (non-hydrogen) atoms. The van der Waals surface area contributed by atoms with E-state index in [1.807, 2.05) is 25.9 Å². The van der Waals surface area contributed by atoms with E-state index in [1.54, 1.807) is 41.7 Å². The number of cyclic esters (lactones) is 1. The van der Waals surface area contributed by atoms with E-state index in [0.717, 1.165) is 0 Å². The van der Waals surface area contributed by atoms with Crippen molar-refractivity contribution in [2.75, 3.05) is 41.2 Å². The van der Waals surface area contributed by atoms with Gasteiger partial charge in [-0.2, -0.15) is 0 Å². The molecule has 0 radical (unpaired) electrons. The number of nitrogens with zero attached hydrogens (tertiary/aromatic N) is 2. The van der Waals surface area contributed by atoms with Crippen LogP contribution in [0.15, 0.2) is 5.16 Å². The predicted molar refractivity (Wildman–Crippen MR) is 173 cm³/mol. The van der Waals surface area contributed by atoms with Crippen LogP contribution in [-0.2, 0) is 33.3 Å². The van der Waals surface area contributed by atoms with Crippen LogP contribution in [0, 0.1) is 23.7 Å². The third kappa shape index (κ3) is 10.5. The van der Waals surface area contributed by atoms with E-state index < -0.39 is 77.7 Å². The SMILES string of the molecule is CC[C@H]1OC(=O)[C@H](C)[C@@H](O)[C@@H](C)[C@@H](O[C@@H]2O[C@H](C)C[C@H](N(C)C)[C@H]2O)[C@](C)(O)C[C@@H](C)/C(=N/OCOCCOC)[C@H](C)[C@@H](O)[C@@]1(C)O. The molecule has 0 aromatic rings. The summed E-state index contributed by atoms with van der Waals surface area (Å²) in [5, 5.41) is 62.4. The van der Waals surface area contributed by atoms with Crippen LogP contribution >= 0.6 is 0 Å². The minimum absolute atomic E-state index is 0.00777. The highest BCUT2D eigenvalue weighted by Crippen LogP contribution is 2.38. The first-order valence-corrected chi connectivity index (χ1v) is 16.7. The topological polar surface area (TPSA) is 189 Å². The summed E-state index contributed by atoms with van der Waals surface area (Å²) in [5.41, 5.74) is -3.32. The lowest BCUT2D eigenvalue weighted by atomic mass is 9.73. The highest BCUT2D eigenvalue weighted by Gasteiger charge is 2.51. The number of oxime groups is 1. The van der Waals surface area contributed by atoms with Gasteiger partial charge < -0.3 is 59.0 Å². The summed E-state index contributed by atoms with van der Waals surface area (Å²) >= 11 is 0. The zero-order valence-electron chi connectivity index (χ0n) is 30.2. The number of carbonyl (C=O) groups is 1. The van der Waals surface area contributed by atoms with Gasteiger partial charge in [0, 0.05) is 30.9 Å². The molecule has 2 fully saturated rings. The summed E-state index contributed by atoms with van der Waals surface area (Å²) in [4.78, 5) is 20.8. The predicted octanol–water partition coefficient (Wildman–Crippen LogP) is 1.28. The number of aliphatic hydroxyl groups is 5. The van der Waals surface area contributed by atoms with E-state index in [4.69, 9.17) is 28.5 Å². The number of rotatable bonds is 10. The van der Waals surface area contributed by atoms with E-state index in [-0.39, 0.29) is 38.4 Å². The first kappa shape index (κ1) is 41.7. The maximum atomic E-state index is 13.4. The van der Waals surface area contributed by atoms with Gasteiger partial charge in [-0.3, -0.25) is 4.79 Å². The van der Waals surface area contributed by atoms with Crippen molar-refractivity contribution in [3.05, 3.63) is 0 Å². The summed E-state index contributed by atoms with van der Waals surface area (Å²) in [6, 6.07) is -0.289. The molecule has 2 aliphatic rings. The molecular weight excluding hydrogens is 616 g/mol. The molecule has 14 nitrogen and oxygen atoms in total. The third-order valence-electron chi connectivity index (χ3n) is 9.85. The molecule has 0 spiro atoms. The van der Waals surface area contributed by atoms with Gasteiger partial charge in [0.1, 0.15) is 17.8 Å². The molecule has 14 heteroatoms. The Morgan fingerprint density at radius 3 is 2.21 bits per heavy atom. The minimum atomic E-state index is -1.91. The maximum Gasteiger partial charge on any atom is 0.311 e. The smallest absolute Gasteiger partial charge is 0.311 e. The fraction of sp³-hybridized carbons (Fsp3) is 0.939. The highest BCUT2D eigenvalue weighted by molar-refractivity contribution is 5.88. The number of ether oxygens (including phenoxy) is 5. The summed E-state index contributed by atoms with van der Waals surface area (Å²) in [6.07, 6.45) is -6.88. The molecule has 14 atom stereocenters. The molecule has 2 aliphatic heterocycles. The number of hydrogen-bond donors (Lipinski definition) is 5. The molecule has 0 saturated carbocycles. The van der Waals surface area contributed by atoms with Crippen molar-refractivity contribution in [3.63, 3.8) is 0 Å². The van der Waals surface area contributed by atoms with Gasteiger partial charge in [-0.05, 0) is 61.1 Å². The Bertz CT molecular complexity index is 995. The van der Waals surface area contributed by atoms with Crippen molar-refractivity contribution in [2.45, 2.75) is 135 Å². The van der Waals surface area contributed by atoms with E-state index in [9.17, 15) is 30.3 Å². The maximum absolute atomic E-state index is 13.4. The van der Waals surface area contributed by atoms with Crippen LogP contribution in [0.1, 0.15) is 74.7 Å². The Labute approximate surface area is 280 Å². The average molecular weight is 679 g/mol. The zero-order chi connectivity index (χ0) is 35.9. The Hall–Kier alpha value is -1.46. The van der Waals surface area contributed by atoms with Gasteiger partial charge in [-0.25, -0.2) is 0 Å². The van der Waals surface area contributed by atoms with Crippen LogP contribution < -0.4 is 0 Å². The standard InChI is InChI=1S/C33H62N2O12/c1-12-24-33(8,41)28(38)20(4)25(34-44-17-43-14-13-42-11)18(2)16-32(7,40)29(21(5)26(36)22(6)30(39)46-24)47-31-27(37)23(35(9)10)15-19(3)45-31/h18-24,26-29,31,36-38,40-41H,12-17H2,1-11H3/b34-25-/t18-,19-,20+,21-,22-,23+,24-,26+,27-,28-,29-,31+,32-,33+/m1/s1. The monoisotopic (exact) mass is 678 g/mol. The van der Waals surface area contributed by atoms with Crippen LogP contribution in [0.4, 0.5) is 0 Å². The van der Waals surface area contributed by atoms with Gasteiger partial charge in [-0.1, -0.05) is 32.9 Å². The molecule has 2 saturated heterocycles. The van der Waals surface area contributed by atoms with Gasteiger partial charge in [0.15, 0.2) is 6.29 Å².